The predicted molar refractivity (Wildman–Crippen MR) is 189 cm³/mol. The van der Waals surface area contributed by atoms with E-state index in [4.69, 9.17) is 9.47 Å². The fraction of sp³-hybridized carbons (Fsp3) is 0.769. The van der Waals surface area contributed by atoms with Gasteiger partial charge in [-0.1, -0.05) is 151 Å². The van der Waals surface area contributed by atoms with Gasteiger partial charge in [0.15, 0.2) is 0 Å². The van der Waals surface area contributed by atoms with Crippen LogP contribution in [0, 0.1) is 11.8 Å². The van der Waals surface area contributed by atoms with Gasteiger partial charge in [0.25, 0.3) is 0 Å². The van der Waals surface area contributed by atoms with E-state index < -0.39 is 11.9 Å². The van der Waals surface area contributed by atoms with E-state index in [1.54, 1.807) is 6.92 Å². The number of carbonyl (C=O) groups excluding carboxylic acids is 2. The third-order valence-corrected chi connectivity index (χ3v) is 8.32. The molecule has 0 amide bonds. The van der Waals surface area contributed by atoms with Crippen molar-refractivity contribution in [2.45, 2.75) is 170 Å². The molecule has 1 N–H and O–H groups in total. The number of carboxylic acid groups (broad SMARTS) is 1. The molecule has 0 aromatic rings. The van der Waals surface area contributed by atoms with E-state index in [0.29, 0.717) is 37.0 Å². The van der Waals surface area contributed by atoms with E-state index in [2.05, 4.69) is 47.8 Å². The van der Waals surface area contributed by atoms with Crippen molar-refractivity contribution in [3.8, 4) is 0 Å². The van der Waals surface area contributed by atoms with Crippen LogP contribution in [0.2, 0.25) is 0 Å². The summed E-state index contributed by atoms with van der Waals surface area (Å²) in [7, 11) is 0. The summed E-state index contributed by atoms with van der Waals surface area (Å²) >= 11 is 0. The molecule has 0 aliphatic rings. The smallest absolute Gasteiger partial charge is 0.337 e. The van der Waals surface area contributed by atoms with Gasteiger partial charge in [-0.15, -0.1) is 0 Å². The zero-order chi connectivity index (χ0) is 34.3. The third kappa shape index (κ3) is 27.6. The van der Waals surface area contributed by atoms with Crippen LogP contribution in [0.25, 0.3) is 0 Å². The molecule has 0 aliphatic carbocycles. The van der Waals surface area contributed by atoms with Crippen molar-refractivity contribution in [2.75, 3.05) is 13.2 Å². The van der Waals surface area contributed by atoms with Crippen molar-refractivity contribution in [3.05, 3.63) is 36.0 Å². The zero-order valence-corrected chi connectivity index (χ0v) is 30.2. The molecule has 0 heterocycles. The highest BCUT2D eigenvalue weighted by molar-refractivity contribution is 5.95. The summed E-state index contributed by atoms with van der Waals surface area (Å²) in [5.74, 6) is -0.874. The molecule has 0 saturated heterocycles. The number of unbranched alkanes of at least 4 members (excludes halogenated alkanes) is 11. The molecule has 0 rings (SSSR count). The second-order valence-corrected chi connectivity index (χ2v) is 12.6. The average molecular weight is 635 g/mol. The van der Waals surface area contributed by atoms with Crippen LogP contribution in [0.4, 0.5) is 0 Å². The Kier molecular flexibility index (Phi) is 31.4. The van der Waals surface area contributed by atoms with Crippen LogP contribution in [0.1, 0.15) is 170 Å². The Hall–Kier alpha value is -2.37. The van der Waals surface area contributed by atoms with Gasteiger partial charge < -0.3 is 14.6 Å². The van der Waals surface area contributed by atoms with Gasteiger partial charge in [-0.2, -0.15) is 0 Å². The minimum atomic E-state index is -0.983. The van der Waals surface area contributed by atoms with Gasteiger partial charge in [-0.05, 0) is 50.5 Å². The van der Waals surface area contributed by atoms with Crippen molar-refractivity contribution in [2.24, 2.45) is 11.8 Å². The van der Waals surface area contributed by atoms with Crippen LogP contribution in [-0.2, 0) is 23.9 Å². The highest BCUT2D eigenvalue weighted by atomic mass is 16.5. The first-order valence-corrected chi connectivity index (χ1v) is 18.2. The average Bonchev–Trinajstić information content (AvgIpc) is 3.02. The fourth-order valence-electron chi connectivity index (χ4n) is 4.98. The maximum atomic E-state index is 12.2. The largest absolute Gasteiger partial charge is 0.478 e. The van der Waals surface area contributed by atoms with Crippen LogP contribution in [0.15, 0.2) is 36.0 Å². The highest BCUT2D eigenvalue weighted by Gasteiger charge is 2.16. The maximum absolute atomic E-state index is 12.2. The molecule has 45 heavy (non-hydrogen) atoms. The second kappa shape index (κ2) is 31.6. The topological polar surface area (TPSA) is 89.9 Å². The van der Waals surface area contributed by atoms with E-state index in [0.717, 1.165) is 57.8 Å². The molecular formula is C39H70O6. The number of aliphatic carboxylic acids is 1. The lowest BCUT2D eigenvalue weighted by atomic mass is 9.92. The quantitative estimate of drug-likeness (QED) is 0.0398. The van der Waals surface area contributed by atoms with Gasteiger partial charge in [0.2, 0.25) is 0 Å². The summed E-state index contributed by atoms with van der Waals surface area (Å²) in [4.78, 5) is 34.8. The Morgan fingerprint density at radius 2 is 1.13 bits per heavy atom. The van der Waals surface area contributed by atoms with Crippen molar-refractivity contribution < 1.29 is 29.0 Å². The molecule has 0 bridgehead atoms. The molecule has 0 aliphatic heterocycles. The molecule has 0 saturated carbocycles. The highest BCUT2D eigenvalue weighted by Crippen LogP contribution is 2.22. The van der Waals surface area contributed by atoms with E-state index in [1.165, 1.54) is 70.3 Å². The van der Waals surface area contributed by atoms with Crippen molar-refractivity contribution in [3.63, 3.8) is 0 Å². The number of hydrogen-bond donors (Lipinski definition) is 1. The first kappa shape index (κ1) is 44.8. The van der Waals surface area contributed by atoms with Crippen molar-refractivity contribution >= 4 is 17.9 Å². The number of ether oxygens (including phenoxy) is 2. The van der Waals surface area contributed by atoms with Crippen LogP contribution >= 0.6 is 0 Å². The summed E-state index contributed by atoms with van der Waals surface area (Å²) in [6.45, 7) is 20.7. The number of esters is 2. The van der Waals surface area contributed by atoms with Gasteiger partial charge >= 0.3 is 17.9 Å². The lowest BCUT2D eigenvalue weighted by Crippen LogP contribution is -2.15. The monoisotopic (exact) mass is 635 g/mol. The van der Waals surface area contributed by atoms with E-state index in [-0.39, 0.29) is 17.1 Å². The summed E-state index contributed by atoms with van der Waals surface area (Å²) in [6.07, 6.45) is 24.4. The van der Waals surface area contributed by atoms with Crippen LogP contribution in [0.3, 0.4) is 0 Å². The normalized spacial score (nSPS) is 12.4. The molecule has 6 nitrogen and oxygen atoms in total. The molecule has 262 valence electrons. The SMILES string of the molecule is C=C(C)C(=O)OCCCCCCCCCCCC.C=C(C=C(CCC(CC)CCCC)C(=O)O)C(=O)OCC(CC)CCCC. The Morgan fingerprint density at radius 3 is 1.60 bits per heavy atom. The zero-order valence-electron chi connectivity index (χ0n) is 30.2. The van der Waals surface area contributed by atoms with Crippen LogP contribution in [0.5, 0.6) is 0 Å². The van der Waals surface area contributed by atoms with Crippen LogP contribution in [-0.4, -0.2) is 36.2 Å². The van der Waals surface area contributed by atoms with Crippen LogP contribution < -0.4 is 0 Å². The molecular weight excluding hydrogens is 564 g/mol. The first-order valence-electron chi connectivity index (χ1n) is 18.2. The minimum Gasteiger partial charge on any atom is -0.478 e. The minimum absolute atomic E-state index is 0.124. The molecule has 6 heteroatoms. The van der Waals surface area contributed by atoms with Gasteiger partial charge in [-0.3, -0.25) is 0 Å². The summed E-state index contributed by atoms with van der Waals surface area (Å²) in [6, 6.07) is 0. The lowest BCUT2D eigenvalue weighted by Gasteiger charge is -2.15. The van der Waals surface area contributed by atoms with Crippen molar-refractivity contribution in [1.82, 2.24) is 0 Å². The Morgan fingerprint density at radius 1 is 0.644 bits per heavy atom. The molecule has 0 spiro atoms. The maximum Gasteiger partial charge on any atom is 0.337 e. The number of carboxylic acids is 1. The standard InChI is InChI=1S/C23H40O4.C16H30O2/c1-6-10-12-19(8-3)14-15-21(22(24)25)16-18(5)23(26)27-17-20(9-4)13-11-7-2;1-4-5-6-7-8-9-10-11-12-13-14-18-16(17)15(2)3/h16,19-20H,5-15,17H2,1-4H3,(H,24,25);2,4-14H2,1,3H3. The predicted octanol–water partition coefficient (Wildman–Crippen LogP) is 11.3. The Balaban J connectivity index is 0. The summed E-state index contributed by atoms with van der Waals surface area (Å²) in [5.41, 5.74) is 0.853. The number of hydrogen-bond acceptors (Lipinski definition) is 5. The fourth-order valence-corrected chi connectivity index (χ4v) is 4.98. The van der Waals surface area contributed by atoms with E-state index >= 15 is 0 Å². The van der Waals surface area contributed by atoms with Gasteiger partial charge in [0, 0.05) is 11.1 Å². The Bertz CT molecular complexity index is 827. The second-order valence-electron chi connectivity index (χ2n) is 12.6. The molecule has 2 unspecified atom stereocenters. The molecule has 2 atom stereocenters. The lowest BCUT2D eigenvalue weighted by molar-refractivity contribution is -0.140. The molecule has 0 aromatic heterocycles. The van der Waals surface area contributed by atoms with E-state index in [1.807, 2.05) is 0 Å². The number of carbonyl (C=O) groups is 3. The molecule has 0 radical (unpaired) electrons. The van der Waals surface area contributed by atoms with Gasteiger partial charge in [0.05, 0.1) is 18.8 Å². The first-order chi connectivity index (χ1) is 21.6. The van der Waals surface area contributed by atoms with Crippen molar-refractivity contribution in [1.29, 1.82) is 0 Å². The summed E-state index contributed by atoms with van der Waals surface area (Å²) < 4.78 is 10.4. The van der Waals surface area contributed by atoms with E-state index in [9.17, 15) is 19.5 Å². The third-order valence-electron chi connectivity index (χ3n) is 8.32. The summed E-state index contributed by atoms with van der Waals surface area (Å²) in [5, 5.41) is 9.46. The van der Waals surface area contributed by atoms with Gasteiger partial charge in [-0.25, -0.2) is 14.4 Å². The molecule has 0 fully saturated rings. The number of rotatable bonds is 28. The molecule has 0 aromatic carbocycles. The Labute approximate surface area is 277 Å². The van der Waals surface area contributed by atoms with Gasteiger partial charge in [0.1, 0.15) is 0 Å².